The zero-order chi connectivity index (χ0) is 13.5. The molecule has 1 aliphatic rings. The van der Waals surface area contributed by atoms with Gasteiger partial charge in [-0.2, -0.15) is 0 Å². The third kappa shape index (κ3) is 2.14. The van der Waals surface area contributed by atoms with E-state index in [0.29, 0.717) is 5.82 Å². The van der Waals surface area contributed by atoms with E-state index in [1.165, 1.54) is 6.42 Å². The molecule has 2 N–H and O–H groups in total. The zero-order valence-corrected chi connectivity index (χ0v) is 10.8. The number of carbonyl (C=O) groups is 1. The van der Waals surface area contributed by atoms with Crippen molar-refractivity contribution in [1.29, 1.82) is 0 Å². The Bertz CT molecular complexity index is 648. The molecule has 19 heavy (non-hydrogen) atoms. The minimum Gasteiger partial charge on any atom is -0.477 e. The van der Waals surface area contributed by atoms with Crippen molar-refractivity contribution in [3.8, 4) is 0 Å². The van der Waals surface area contributed by atoms with Gasteiger partial charge in [0.15, 0.2) is 5.69 Å². The highest BCUT2D eigenvalue weighted by atomic mass is 16.4. The summed E-state index contributed by atoms with van der Waals surface area (Å²) in [6.45, 7) is 2.15. The molecular weight excluding hydrogens is 240 g/mol. The number of fused-ring (bicyclic) bond motifs is 1. The number of rotatable bonds is 3. The molecule has 0 saturated heterocycles. The van der Waals surface area contributed by atoms with Crippen LogP contribution >= 0.6 is 0 Å². The number of hydrogen-bond donors (Lipinski definition) is 2. The molecule has 98 valence electrons. The van der Waals surface area contributed by atoms with Crippen molar-refractivity contribution in [2.24, 2.45) is 0 Å². The lowest BCUT2D eigenvalue weighted by Gasteiger charge is -2.39. The lowest BCUT2D eigenvalue weighted by molar-refractivity contribution is 0.0691. The molecule has 0 spiro atoms. The Morgan fingerprint density at radius 1 is 1.37 bits per heavy atom. The number of carboxylic acid groups (broad SMARTS) is 1. The third-order valence-corrected chi connectivity index (χ3v) is 3.84. The molecule has 1 saturated carbocycles. The molecule has 1 fully saturated rings. The van der Waals surface area contributed by atoms with Crippen molar-refractivity contribution >= 4 is 22.6 Å². The van der Waals surface area contributed by atoms with Crippen molar-refractivity contribution in [3.05, 3.63) is 36.0 Å². The first kappa shape index (κ1) is 12.0. The van der Waals surface area contributed by atoms with Crippen molar-refractivity contribution in [2.45, 2.75) is 31.7 Å². The van der Waals surface area contributed by atoms with Crippen LogP contribution in [0.15, 0.2) is 30.3 Å². The molecule has 0 bridgehead atoms. The fourth-order valence-corrected chi connectivity index (χ4v) is 2.52. The molecule has 1 aromatic heterocycles. The summed E-state index contributed by atoms with van der Waals surface area (Å²) in [6.07, 6.45) is 3.40. The van der Waals surface area contributed by atoms with Gasteiger partial charge in [0.1, 0.15) is 5.82 Å². The molecule has 0 amide bonds. The summed E-state index contributed by atoms with van der Waals surface area (Å²) in [5.41, 5.74) is 0.136. The molecule has 2 aromatic rings. The van der Waals surface area contributed by atoms with Crippen LogP contribution in [-0.2, 0) is 0 Å². The minimum atomic E-state index is -0.993. The van der Waals surface area contributed by atoms with Crippen LogP contribution in [0.25, 0.3) is 10.8 Å². The second kappa shape index (κ2) is 4.23. The van der Waals surface area contributed by atoms with Crippen LogP contribution in [0.4, 0.5) is 5.82 Å². The molecule has 1 heterocycles. The second-order valence-corrected chi connectivity index (χ2v) is 5.42. The standard InChI is InChI=1S/C15H16N2O2/c1-15(7-4-8-15)17-13-11-6-3-2-5-10(11)9-12(16-13)14(18)19/h2-3,5-6,9H,4,7-8H2,1H3,(H,16,17)(H,18,19). The van der Waals surface area contributed by atoms with E-state index in [0.717, 1.165) is 23.6 Å². The van der Waals surface area contributed by atoms with E-state index < -0.39 is 5.97 Å². The van der Waals surface area contributed by atoms with Gasteiger partial charge in [0.25, 0.3) is 0 Å². The largest absolute Gasteiger partial charge is 0.477 e. The van der Waals surface area contributed by atoms with Gasteiger partial charge in [0.2, 0.25) is 0 Å². The van der Waals surface area contributed by atoms with E-state index >= 15 is 0 Å². The summed E-state index contributed by atoms with van der Waals surface area (Å²) in [4.78, 5) is 15.4. The predicted molar refractivity (Wildman–Crippen MR) is 74.6 cm³/mol. The van der Waals surface area contributed by atoms with Gasteiger partial charge in [0, 0.05) is 10.9 Å². The summed E-state index contributed by atoms with van der Waals surface area (Å²) >= 11 is 0. The van der Waals surface area contributed by atoms with E-state index in [1.807, 2.05) is 24.3 Å². The highest BCUT2D eigenvalue weighted by Crippen LogP contribution is 2.36. The average Bonchev–Trinajstić information content (AvgIpc) is 2.36. The second-order valence-electron chi connectivity index (χ2n) is 5.42. The van der Waals surface area contributed by atoms with Gasteiger partial charge >= 0.3 is 5.97 Å². The first-order valence-electron chi connectivity index (χ1n) is 6.49. The van der Waals surface area contributed by atoms with Crippen LogP contribution in [0.2, 0.25) is 0 Å². The topological polar surface area (TPSA) is 62.2 Å². The molecule has 4 nitrogen and oxygen atoms in total. The fourth-order valence-electron chi connectivity index (χ4n) is 2.52. The Morgan fingerprint density at radius 3 is 2.74 bits per heavy atom. The predicted octanol–water partition coefficient (Wildman–Crippen LogP) is 3.29. The summed E-state index contributed by atoms with van der Waals surface area (Å²) in [7, 11) is 0. The third-order valence-electron chi connectivity index (χ3n) is 3.84. The number of aromatic carboxylic acids is 1. The number of aromatic nitrogens is 1. The monoisotopic (exact) mass is 256 g/mol. The lowest BCUT2D eigenvalue weighted by atomic mass is 9.78. The number of anilines is 1. The molecule has 3 rings (SSSR count). The number of carboxylic acids is 1. The quantitative estimate of drug-likeness (QED) is 0.884. The van der Waals surface area contributed by atoms with Crippen LogP contribution in [0, 0.1) is 0 Å². The molecule has 0 aliphatic heterocycles. The van der Waals surface area contributed by atoms with Gasteiger partial charge in [0.05, 0.1) is 0 Å². The summed E-state index contributed by atoms with van der Waals surface area (Å²) in [6, 6.07) is 9.35. The first-order valence-corrected chi connectivity index (χ1v) is 6.49. The Hall–Kier alpha value is -2.10. The number of nitrogens with zero attached hydrogens (tertiary/aromatic N) is 1. The fraction of sp³-hybridized carbons (Fsp3) is 0.333. The number of hydrogen-bond acceptors (Lipinski definition) is 3. The van der Waals surface area contributed by atoms with Crippen LogP contribution in [0.1, 0.15) is 36.7 Å². The van der Waals surface area contributed by atoms with Crippen LogP contribution in [-0.4, -0.2) is 21.6 Å². The Labute approximate surface area is 111 Å². The van der Waals surface area contributed by atoms with Gasteiger partial charge in [-0.05, 0) is 37.6 Å². The normalized spacial score (nSPS) is 16.9. The molecule has 0 atom stereocenters. The van der Waals surface area contributed by atoms with Crippen molar-refractivity contribution in [3.63, 3.8) is 0 Å². The average molecular weight is 256 g/mol. The van der Waals surface area contributed by atoms with E-state index in [2.05, 4.69) is 17.2 Å². The maximum absolute atomic E-state index is 11.2. The van der Waals surface area contributed by atoms with Crippen molar-refractivity contribution in [1.82, 2.24) is 4.98 Å². The van der Waals surface area contributed by atoms with Crippen molar-refractivity contribution in [2.75, 3.05) is 5.32 Å². The summed E-state index contributed by atoms with van der Waals surface area (Å²) < 4.78 is 0. The SMILES string of the molecule is CC1(Nc2nc(C(=O)O)cc3ccccc23)CCC1. The van der Waals surface area contributed by atoms with Gasteiger partial charge in [-0.15, -0.1) is 0 Å². The highest BCUT2D eigenvalue weighted by Gasteiger charge is 2.32. The zero-order valence-electron chi connectivity index (χ0n) is 10.8. The van der Waals surface area contributed by atoms with E-state index in [4.69, 9.17) is 5.11 Å². The minimum absolute atomic E-state index is 0.0485. The Morgan fingerprint density at radius 2 is 2.11 bits per heavy atom. The van der Waals surface area contributed by atoms with Gasteiger partial charge in [-0.3, -0.25) is 0 Å². The first-order chi connectivity index (χ1) is 9.07. The summed E-state index contributed by atoms with van der Waals surface area (Å²) in [5.74, 6) is -0.315. The number of benzene rings is 1. The molecule has 0 radical (unpaired) electrons. The van der Waals surface area contributed by atoms with Gasteiger partial charge in [-0.25, -0.2) is 9.78 Å². The maximum atomic E-state index is 11.2. The van der Waals surface area contributed by atoms with Gasteiger partial charge in [-0.1, -0.05) is 24.3 Å². The molecule has 1 aliphatic carbocycles. The van der Waals surface area contributed by atoms with Crippen LogP contribution in [0.5, 0.6) is 0 Å². The van der Waals surface area contributed by atoms with E-state index in [1.54, 1.807) is 6.07 Å². The Kier molecular flexibility index (Phi) is 2.66. The molecule has 1 aromatic carbocycles. The summed E-state index contributed by atoms with van der Waals surface area (Å²) in [5, 5.41) is 14.4. The lowest BCUT2D eigenvalue weighted by Crippen LogP contribution is -2.42. The highest BCUT2D eigenvalue weighted by molar-refractivity contribution is 5.97. The number of nitrogens with one attached hydrogen (secondary N) is 1. The Balaban J connectivity index is 2.12. The van der Waals surface area contributed by atoms with E-state index in [-0.39, 0.29) is 11.2 Å². The molecule has 4 heteroatoms. The van der Waals surface area contributed by atoms with Gasteiger partial charge < -0.3 is 10.4 Å². The van der Waals surface area contributed by atoms with Crippen molar-refractivity contribution < 1.29 is 9.90 Å². The smallest absolute Gasteiger partial charge is 0.354 e. The maximum Gasteiger partial charge on any atom is 0.354 e. The molecular formula is C15H16N2O2. The molecule has 0 unspecified atom stereocenters. The number of pyridine rings is 1. The van der Waals surface area contributed by atoms with Crippen LogP contribution < -0.4 is 5.32 Å². The van der Waals surface area contributed by atoms with Crippen LogP contribution in [0.3, 0.4) is 0 Å². The van der Waals surface area contributed by atoms with E-state index in [9.17, 15) is 4.79 Å².